The van der Waals surface area contributed by atoms with Crippen molar-refractivity contribution in [3.8, 4) is 0 Å². The monoisotopic (exact) mass is 265 g/mol. The normalized spacial score (nSPS) is 30.3. The molecule has 2 N–H and O–H groups in total. The molecular weight excluding hydrogens is 238 g/mol. The Morgan fingerprint density at radius 1 is 1.53 bits per heavy atom. The Labute approximate surface area is 116 Å². The van der Waals surface area contributed by atoms with E-state index in [1.165, 1.54) is 6.42 Å². The number of hydrogen-bond acceptors (Lipinski definition) is 3. The molecule has 0 saturated heterocycles. The van der Waals surface area contributed by atoms with Crippen LogP contribution >= 0.6 is 0 Å². The van der Waals surface area contributed by atoms with Crippen molar-refractivity contribution in [3.63, 3.8) is 0 Å². The second kappa shape index (κ2) is 6.53. The van der Waals surface area contributed by atoms with Gasteiger partial charge in [0, 0.05) is 36.9 Å². The first-order valence-corrected chi connectivity index (χ1v) is 7.54. The Hall–Kier alpha value is -0.870. The third kappa shape index (κ3) is 3.18. The zero-order valence-electron chi connectivity index (χ0n) is 12.4. The Morgan fingerprint density at radius 2 is 2.37 bits per heavy atom. The van der Waals surface area contributed by atoms with E-state index in [1.54, 1.807) is 0 Å². The van der Waals surface area contributed by atoms with Gasteiger partial charge in [0.15, 0.2) is 0 Å². The fraction of sp³-hybridized carbons (Fsp3) is 0.800. The van der Waals surface area contributed by atoms with Crippen LogP contribution in [0.3, 0.4) is 0 Å². The highest BCUT2D eigenvalue weighted by atomic mass is 16.5. The molecule has 0 amide bonds. The lowest BCUT2D eigenvalue weighted by Gasteiger charge is -2.53. The second-order valence-corrected chi connectivity index (χ2v) is 5.69. The summed E-state index contributed by atoms with van der Waals surface area (Å²) in [4.78, 5) is 7.39. The molecule has 1 saturated carbocycles. The molecule has 3 atom stereocenters. The molecule has 19 heavy (non-hydrogen) atoms. The summed E-state index contributed by atoms with van der Waals surface area (Å²) in [5.41, 5.74) is 0.306. The molecule has 1 heterocycles. The van der Waals surface area contributed by atoms with Crippen LogP contribution in [0.5, 0.6) is 0 Å². The van der Waals surface area contributed by atoms with Gasteiger partial charge >= 0.3 is 0 Å². The first-order valence-electron chi connectivity index (χ1n) is 7.54. The second-order valence-electron chi connectivity index (χ2n) is 5.69. The summed E-state index contributed by atoms with van der Waals surface area (Å²) in [5.74, 6) is 1.08. The third-order valence-corrected chi connectivity index (χ3v) is 4.65. The molecule has 1 aliphatic rings. The summed E-state index contributed by atoms with van der Waals surface area (Å²) < 4.78 is 5.82. The maximum absolute atomic E-state index is 5.82. The fourth-order valence-corrected chi connectivity index (χ4v) is 3.03. The van der Waals surface area contributed by atoms with Gasteiger partial charge in [-0.25, -0.2) is 4.98 Å². The highest BCUT2D eigenvalue weighted by molar-refractivity contribution is 5.04. The minimum atomic E-state index is 0.306. The van der Waals surface area contributed by atoms with E-state index in [0.29, 0.717) is 17.6 Å². The van der Waals surface area contributed by atoms with Gasteiger partial charge in [-0.1, -0.05) is 13.8 Å². The number of nitrogens with one attached hydrogen (secondary N) is 2. The van der Waals surface area contributed by atoms with Gasteiger partial charge in [0.1, 0.15) is 5.82 Å². The molecule has 0 aliphatic heterocycles. The van der Waals surface area contributed by atoms with Crippen molar-refractivity contribution in [1.29, 1.82) is 0 Å². The molecule has 1 aliphatic carbocycles. The van der Waals surface area contributed by atoms with E-state index in [0.717, 1.165) is 38.2 Å². The van der Waals surface area contributed by atoms with E-state index in [4.69, 9.17) is 4.74 Å². The van der Waals surface area contributed by atoms with Gasteiger partial charge in [-0.15, -0.1) is 0 Å². The number of aromatic amines is 1. The summed E-state index contributed by atoms with van der Waals surface area (Å²) >= 11 is 0. The molecule has 1 aromatic heterocycles. The molecule has 0 bridgehead atoms. The molecule has 108 valence electrons. The van der Waals surface area contributed by atoms with E-state index >= 15 is 0 Å². The van der Waals surface area contributed by atoms with Crippen LogP contribution in [0.2, 0.25) is 0 Å². The molecule has 0 radical (unpaired) electrons. The molecule has 0 spiro atoms. The minimum absolute atomic E-state index is 0.306. The van der Waals surface area contributed by atoms with Crippen LogP contribution in [0.4, 0.5) is 0 Å². The van der Waals surface area contributed by atoms with Gasteiger partial charge in [0.05, 0.1) is 6.10 Å². The van der Waals surface area contributed by atoms with E-state index in [-0.39, 0.29) is 0 Å². The smallest absolute Gasteiger partial charge is 0.106 e. The van der Waals surface area contributed by atoms with Gasteiger partial charge in [-0.05, 0) is 32.7 Å². The largest absolute Gasteiger partial charge is 0.378 e. The average molecular weight is 265 g/mol. The molecule has 1 fully saturated rings. The predicted molar refractivity (Wildman–Crippen MR) is 77.1 cm³/mol. The number of rotatable bonds is 8. The van der Waals surface area contributed by atoms with Crippen LogP contribution in [0.1, 0.15) is 45.9 Å². The molecule has 3 unspecified atom stereocenters. The number of aryl methyl sites for hydroxylation is 1. The molecular formula is C15H27N3O. The van der Waals surface area contributed by atoms with Gasteiger partial charge in [0.25, 0.3) is 0 Å². The number of H-pyrrole nitrogens is 1. The summed E-state index contributed by atoms with van der Waals surface area (Å²) in [5, 5.41) is 3.69. The summed E-state index contributed by atoms with van der Waals surface area (Å²) in [6.07, 6.45) is 8.61. The molecule has 4 nitrogen and oxygen atoms in total. The zero-order chi connectivity index (χ0) is 13.7. The Balaban J connectivity index is 1.69. The van der Waals surface area contributed by atoms with E-state index in [9.17, 15) is 0 Å². The molecule has 1 aromatic rings. The van der Waals surface area contributed by atoms with Crippen molar-refractivity contribution in [2.75, 3.05) is 13.2 Å². The van der Waals surface area contributed by atoms with Gasteiger partial charge in [-0.2, -0.15) is 0 Å². The van der Waals surface area contributed by atoms with E-state index in [2.05, 4.69) is 36.1 Å². The third-order valence-electron chi connectivity index (χ3n) is 4.65. The number of ether oxygens (including phenoxy) is 1. The van der Waals surface area contributed by atoms with Crippen molar-refractivity contribution in [1.82, 2.24) is 15.3 Å². The lowest BCUT2D eigenvalue weighted by molar-refractivity contribution is -0.125. The molecule has 4 heteroatoms. The van der Waals surface area contributed by atoms with Crippen LogP contribution in [-0.4, -0.2) is 35.3 Å². The molecule has 2 rings (SSSR count). The van der Waals surface area contributed by atoms with E-state index < -0.39 is 0 Å². The number of aromatic nitrogens is 2. The number of imidazole rings is 1. The van der Waals surface area contributed by atoms with Crippen molar-refractivity contribution >= 4 is 0 Å². The van der Waals surface area contributed by atoms with Crippen molar-refractivity contribution in [2.45, 2.75) is 58.6 Å². The minimum Gasteiger partial charge on any atom is -0.378 e. The quantitative estimate of drug-likeness (QED) is 0.710. The van der Waals surface area contributed by atoms with Crippen LogP contribution in [-0.2, 0) is 11.2 Å². The SMILES string of the molecule is CCOC1CC(NCCCc2ncc[nH]2)C1(C)CC. The molecule has 0 aromatic carbocycles. The lowest BCUT2D eigenvalue weighted by atomic mass is 9.61. The Morgan fingerprint density at radius 3 is 3.00 bits per heavy atom. The predicted octanol–water partition coefficient (Wildman–Crippen LogP) is 2.53. The first-order chi connectivity index (χ1) is 9.20. The highest BCUT2D eigenvalue weighted by Crippen LogP contribution is 2.45. The summed E-state index contributed by atoms with van der Waals surface area (Å²) in [7, 11) is 0. The van der Waals surface area contributed by atoms with Gasteiger partial charge in [0.2, 0.25) is 0 Å². The lowest BCUT2D eigenvalue weighted by Crippen LogP contribution is -2.62. The summed E-state index contributed by atoms with van der Waals surface area (Å²) in [6.45, 7) is 8.58. The summed E-state index contributed by atoms with van der Waals surface area (Å²) in [6, 6.07) is 0.602. The van der Waals surface area contributed by atoms with E-state index in [1.807, 2.05) is 12.4 Å². The number of hydrogen-bond donors (Lipinski definition) is 2. The van der Waals surface area contributed by atoms with Crippen molar-refractivity contribution < 1.29 is 4.74 Å². The van der Waals surface area contributed by atoms with Crippen LogP contribution in [0.15, 0.2) is 12.4 Å². The van der Waals surface area contributed by atoms with Crippen molar-refractivity contribution in [3.05, 3.63) is 18.2 Å². The first kappa shape index (κ1) is 14.5. The van der Waals surface area contributed by atoms with Gasteiger partial charge < -0.3 is 15.0 Å². The maximum atomic E-state index is 5.82. The Bertz CT molecular complexity index is 365. The van der Waals surface area contributed by atoms with Gasteiger partial charge in [-0.3, -0.25) is 0 Å². The van der Waals surface area contributed by atoms with Crippen LogP contribution in [0.25, 0.3) is 0 Å². The number of nitrogens with zero attached hydrogens (tertiary/aromatic N) is 1. The Kier molecular flexibility index (Phi) is 4.99. The topological polar surface area (TPSA) is 49.9 Å². The maximum Gasteiger partial charge on any atom is 0.106 e. The van der Waals surface area contributed by atoms with Crippen LogP contribution in [0, 0.1) is 5.41 Å². The zero-order valence-corrected chi connectivity index (χ0v) is 12.4. The standard InChI is InChI=1S/C15H27N3O/c1-4-15(3)12(11-13(15)19-5-2)16-8-6-7-14-17-9-10-18-14/h9-10,12-13,16H,4-8,11H2,1-3H3,(H,17,18). The fourth-order valence-electron chi connectivity index (χ4n) is 3.03. The van der Waals surface area contributed by atoms with Crippen LogP contribution < -0.4 is 5.32 Å². The van der Waals surface area contributed by atoms with Crippen molar-refractivity contribution in [2.24, 2.45) is 5.41 Å². The highest BCUT2D eigenvalue weighted by Gasteiger charge is 2.50. The average Bonchev–Trinajstić information content (AvgIpc) is 2.93.